The summed E-state index contributed by atoms with van der Waals surface area (Å²) in [5.41, 5.74) is 0.286. The van der Waals surface area contributed by atoms with Crippen molar-refractivity contribution in [3.05, 3.63) is 65.5 Å². The summed E-state index contributed by atoms with van der Waals surface area (Å²) in [5, 5.41) is 10.4. The Morgan fingerprint density at radius 2 is 1.83 bits per heavy atom. The average Bonchev–Trinajstić information content (AvgIpc) is 2.52. The van der Waals surface area contributed by atoms with Crippen LogP contribution in [0.25, 0.3) is 0 Å². The minimum atomic E-state index is -4.39. The number of aliphatic hydroxyl groups excluding tert-OH is 1. The zero-order valence-corrected chi connectivity index (χ0v) is 12.0. The number of carbonyl (C=O) groups excluding carboxylic acids is 1. The average molecular weight is 321 g/mol. The third-order valence-electron chi connectivity index (χ3n) is 4.22. The van der Waals surface area contributed by atoms with Crippen LogP contribution in [-0.4, -0.2) is 15.9 Å². The lowest BCUT2D eigenvalue weighted by molar-refractivity contribution is -0.138. The molecule has 3 rings (SSSR count). The molecule has 0 radical (unpaired) electrons. The van der Waals surface area contributed by atoms with Crippen LogP contribution in [0.5, 0.6) is 0 Å². The summed E-state index contributed by atoms with van der Waals surface area (Å²) in [6.45, 7) is 0. The molecular formula is C17H14F3NO2. The highest BCUT2D eigenvalue weighted by molar-refractivity contribution is 5.90. The first kappa shape index (κ1) is 15.7. The molecule has 0 amide bonds. The molecule has 0 saturated heterocycles. The number of alkyl halides is 3. The number of halogens is 3. The lowest BCUT2D eigenvalue weighted by Crippen LogP contribution is -2.39. The van der Waals surface area contributed by atoms with Crippen LogP contribution >= 0.6 is 0 Å². The van der Waals surface area contributed by atoms with Crippen LogP contribution in [0, 0.1) is 5.92 Å². The van der Waals surface area contributed by atoms with E-state index < -0.39 is 23.8 Å². The number of carbonyl (C=O) groups is 1. The van der Waals surface area contributed by atoms with Gasteiger partial charge in [-0.2, -0.15) is 13.2 Å². The molecule has 2 unspecified atom stereocenters. The second kappa shape index (κ2) is 5.77. The van der Waals surface area contributed by atoms with Gasteiger partial charge in [-0.1, -0.05) is 18.2 Å². The van der Waals surface area contributed by atoms with Gasteiger partial charge < -0.3 is 5.11 Å². The first-order valence-electron chi connectivity index (χ1n) is 7.17. The molecule has 23 heavy (non-hydrogen) atoms. The van der Waals surface area contributed by atoms with Crippen molar-refractivity contribution in [3.8, 4) is 0 Å². The minimum Gasteiger partial charge on any atom is -0.386 e. The van der Waals surface area contributed by atoms with E-state index in [4.69, 9.17) is 0 Å². The Balaban J connectivity index is 1.82. The van der Waals surface area contributed by atoms with Gasteiger partial charge >= 0.3 is 6.18 Å². The van der Waals surface area contributed by atoms with Gasteiger partial charge in [0.15, 0.2) is 0 Å². The zero-order chi connectivity index (χ0) is 16.6. The Kier molecular flexibility index (Phi) is 3.93. The second-order valence-electron chi connectivity index (χ2n) is 5.62. The van der Waals surface area contributed by atoms with Gasteiger partial charge in [-0.3, -0.25) is 9.78 Å². The second-order valence-corrected chi connectivity index (χ2v) is 5.62. The van der Waals surface area contributed by atoms with E-state index in [9.17, 15) is 23.1 Å². The van der Waals surface area contributed by atoms with Gasteiger partial charge in [0.05, 0.1) is 17.2 Å². The Morgan fingerprint density at radius 1 is 1.13 bits per heavy atom. The third kappa shape index (κ3) is 2.99. The van der Waals surface area contributed by atoms with Crippen molar-refractivity contribution in [1.82, 2.24) is 4.98 Å². The summed E-state index contributed by atoms with van der Waals surface area (Å²) < 4.78 is 37.8. The molecule has 1 aromatic heterocycles. The van der Waals surface area contributed by atoms with Crippen molar-refractivity contribution < 1.29 is 23.1 Å². The van der Waals surface area contributed by atoms with Crippen molar-refractivity contribution in [1.29, 1.82) is 0 Å². The lowest BCUT2D eigenvalue weighted by atomic mass is 9.65. The number of ketones is 1. The number of nitrogens with zero attached hydrogens (tertiary/aromatic N) is 1. The Hall–Kier alpha value is -2.21. The summed E-state index contributed by atoms with van der Waals surface area (Å²) in [5.74, 6) is -1.06. The first-order valence-corrected chi connectivity index (χ1v) is 7.17. The maximum Gasteiger partial charge on any atom is 0.416 e. The van der Waals surface area contributed by atoms with Gasteiger partial charge in [0.2, 0.25) is 0 Å². The van der Waals surface area contributed by atoms with E-state index >= 15 is 0 Å². The summed E-state index contributed by atoms with van der Waals surface area (Å²) in [7, 11) is 0. The number of benzene rings is 1. The number of aromatic nitrogens is 1. The van der Waals surface area contributed by atoms with Crippen LogP contribution in [0.4, 0.5) is 13.2 Å². The van der Waals surface area contributed by atoms with E-state index in [0.717, 1.165) is 12.1 Å². The highest BCUT2D eigenvalue weighted by atomic mass is 19.4. The third-order valence-corrected chi connectivity index (χ3v) is 4.22. The number of Topliss-reactive ketones (excluding diaryl/α,β-unsaturated/α-hetero) is 1. The molecule has 0 aliphatic heterocycles. The fourth-order valence-corrected chi connectivity index (χ4v) is 2.92. The SMILES string of the molecule is O=C1CC(c2ccc(C(F)(F)F)cc2)C1[C@H](O)c1ccccn1. The molecule has 120 valence electrons. The largest absolute Gasteiger partial charge is 0.416 e. The number of hydrogen-bond acceptors (Lipinski definition) is 3. The van der Waals surface area contributed by atoms with Crippen LogP contribution in [0.3, 0.4) is 0 Å². The van der Waals surface area contributed by atoms with Crippen molar-refractivity contribution >= 4 is 5.78 Å². The fourth-order valence-electron chi connectivity index (χ4n) is 2.92. The quantitative estimate of drug-likeness (QED) is 0.941. The molecule has 1 saturated carbocycles. The summed E-state index contributed by atoms with van der Waals surface area (Å²) >= 11 is 0. The minimum absolute atomic E-state index is 0.104. The Bertz CT molecular complexity index is 698. The molecule has 2 aromatic rings. The molecule has 3 nitrogen and oxygen atoms in total. The molecule has 0 spiro atoms. The zero-order valence-electron chi connectivity index (χ0n) is 12.0. The van der Waals surface area contributed by atoms with Crippen LogP contribution in [0.2, 0.25) is 0 Å². The molecule has 1 fully saturated rings. The van der Waals surface area contributed by atoms with E-state index in [1.165, 1.54) is 18.3 Å². The van der Waals surface area contributed by atoms with Crippen LogP contribution in [0.15, 0.2) is 48.7 Å². The standard InChI is InChI=1S/C17H14F3NO2/c18-17(19,20)11-6-4-10(5-7-11)12-9-14(22)15(12)16(23)13-3-1-2-8-21-13/h1-8,12,15-16,23H,9H2/t12?,15?,16-/m1/s1. The monoisotopic (exact) mass is 321 g/mol. The maximum atomic E-state index is 12.6. The van der Waals surface area contributed by atoms with Gasteiger partial charge in [-0.15, -0.1) is 0 Å². The van der Waals surface area contributed by atoms with E-state index in [0.29, 0.717) is 11.3 Å². The number of pyridine rings is 1. The summed E-state index contributed by atoms with van der Waals surface area (Å²) in [6, 6.07) is 9.79. The molecule has 0 bridgehead atoms. The van der Waals surface area contributed by atoms with Crippen LogP contribution in [-0.2, 0) is 11.0 Å². The van der Waals surface area contributed by atoms with Crippen LogP contribution in [0.1, 0.15) is 35.3 Å². The topological polar surface area (TPSA) is 50.2 Å². The highest BCUT2D eigenvalue weighted by Gasteiger charge is 2.46. The van der Waals surface area contributed by atoms with Crippen molar-refractivity contribution in [2.75, 3.05) is 0 Å². The van der Waals surface area contributed by atoms with Crippen LogP contribution < -0.4 is 0 Å². The number of rotatable bonds is 3. The van der Waals surface area contributed by atoms with Crippen molar-refractivity contribution in [2.24, 2.45) is 5.92 Å². The molecule has 1 aliphatic rings. The molecule has 3 atom stereocenters. The maximum absolute atomic E-state index is 12.6. The van der Waals surface area contributed by atoms with E-state index in [-0.39, 0.29) is 18.1 Å². The molecule has 1 heterocycles. The predicted molar refractivity (Wildman–Crippen MR) is 76.5 cm³/mol. The first-order chi connectivity index (χ1) is 10.9. The number of hydrogen-bond donors (Lipinski definition) is 1. The Morgan fingerprint density at radius 3 is 2.35 bits per heavy atom. The predicted octanol–water partition coefficient (Wildman–Crippen LogP) is 3.51. The van der Waals surface area contributed by atoms with Gasteiger partial charge in [0, 0.05) is 18.5 Å². The van der Waals surface area contributed by atoms with Gasteiger partial charge in [-0.25, -0.2) is 0 Å². The highest BCUT2D eigenvalue weighted by Crippen LogP contribution is 2.46. The lowest BCUT2D eigenvalue weighted by Gasteiger charge is -2.38. The molecule has 1 N–H and O–H groups in total. The van der Waals surface area contributed by atoms with Gasteiger partial charge in [0.1, 0.15) is 11.9 Å². The Labute approximate surface area is 130 Å². The van der Waals surface area contributed by atoms with E-state index in [2.05, 4.69) is 4.98 Å². The van der Waals surface area contributed by atoms with Crippen molar-refractivity contribution in [2.45, 2.75) is 24.6 Å². The van der Waals surface area contributed by atoms with Gasteiger partial charge in [-0.05, 0) is 29.8 Å². The normalized spacial score (nSPS) is 22.5. The molecule has 1 aromatic carbocycles. The van der Waals surface area contributed by atoms with Gasteiger partial charge in [0.25, 0.3) is 0 Å². The molecular weight excluding hydrogens is 307 g/mol. The summed E-state index contributed by atoms with van der Waals surface area (Å²) in [4.78, 5) is 15.9. The fraction of sp³-hybridized carbons (Fsp3) is 0.294. The number of aliphatic hydroxyl groups is 1. The van der Waals surface area contributed by atoms with E-state index in [1.807, 2.05) is 0 Å². The smallest absolute Gasteiger partial charge is 0.386 e. The molecule has 1 aliphatic carbocycles. The van der Waals surface area contributed by atoms with Crippen molar-refractivity contribution in [3.63, 3.8) is 0 Å². The van der Waals surface area contributed by atoms with E-state index in [1.54, 1.807) is 18.2 Å². The molecule has 6 heteroatoms. The summed E-state index contributed by atoms with van der Waals surface area (Å²) in [6.07, 6.45) is -3.69.